The zero-order valence-electron chi connectivity index (χ0n) is 12.5. The third-order valence-electron chi connectivity index (χ3n) is 3.66. The molecule has 1 aliphatic rings. The van der Waals surface area contributed by atoms with Crippen molar-refractivity contribution in [3.8, 4) is 11.4 Å². The second kappa shape index (κ2) is 6.30. The van der Waals surface area contributed by atoms with Gasteiger partial charge in [-0.2, -0.15) is 0 Å². The van der Waals surface area contributed by atoms with Crippen LogP contribution in [0.15, 0.2) is 24.3 Å². The van der Waals surface area contributed by atoms with Gasteiger partial charge in [-0.1, -0.05) is 30.7 Å². The van der Waals surface area contributed by atoms with Crippen molar-refractivity contribution < 1.29 is 0 Å². The first-order valence-corrected chi connectivity index (χ1v) is 8.65. The molecule has 1 aliphatic carbocycles. The number of aryl methyl sites for hydroxylation is 1. The third kappa shape index (κ3) is 3.36. The minimum atomic E-state index is 0.630. The molecule has 0 spiro atoms. The monoisotopic (exact) mass is 393 g/mol. The number of rotatable bonds is 5. The van der Waals surface area contributed by atoms with Gasteiger partial charge in [-0.3, -0.25) is 0 Å². The van der Waals surface area contributed by atoms with E-state index in [-0.39, 0.29) is 0 Å². The molecule has 3 nitrogen and oxygen atoms in total. The molecule has 0 aliphatic heterocycles. The average molecular weight is 393 g/mol. The van der Waals surface area contributed by atoms with Gasteiger partial charge in [0.15, 0.2) is 5.82 Å². The Balaban J connectivity index is 2.05. The maximum atomic E-state index is 4.86. The summed E-state index contributed by atoms with van der Waals surface area (Å²) >= 11 is 2.39. The van der Waals surface area contributed by atoms with Crippen molar-refractivity contribution in [1.29, 1.82) is 0 Å². The molecule has 0 atom stereocenters. The number of hydrogen-bond donors (Lipinski definition) is 1. The van der Waals surface area contributed by atoms with Crippen LogP contribution in [0, 0.1) is 10.5 Å². The first kappa shape index (κ1) is 14.8. The lowest BCUT2D eigenvalue weighted by Gasteiger charge is -2.13. The van der Waals surface area contributed by atoms with Crippen LogP contribution in [0.1, 0.15) is 43.4 Å². The van der Waals surface area contributed by atoms with Gasteiger partial charge in [-0.25, -0.2) is 9.97 Å². The van der Waals surface area contributed by atoms with E-state index in [0.29, 0.717) is 5.92 Å². The predicted octanol–water partition coefficient (Wildman–Crippen LogP) is 4.76. The van der Waals surface area contributed by atoms with Gasteiger partial charge in [0.2, 0.25) is 0 Å². The molecular weight excluding hydrogens is 373 g/mol. The topological polar surface area (TPSA) is 37.8 Å². The summed E-state index contributed by atoms with van der Waals surface area (Å²) in [5, 5.41) is 3.45. The van der Waals surface area contributed by atoms with Crippen molar-refractivity contribution in [1.82, 2.24) is 9.97 Å². The smallest absolute Gasteiger partial charge is 0.161 e. The molecule has 1 aromatic carbocycles. The fourth-order valence-electron chi connectivity index (χ4n) is 2.37. The second-order valence-corrected chi connectivity index (χ2v) is 6.74. The van der Waals surface area contributed by atoms with Crippen LogP contribution < -0.4 is 5.32 Å². The van der Waals surface area contributed by atoms with Crippen molar-refractivity contribution in [3.63, 3.8) is 0 Å². The number of nitrogens with zero attached hydrogens (tertiary/aromatic N) is 2. The Labute approximate surface area is 139 Å². The maximum Gasteiger partial charge on any atom is 0.161 e. The maximum absolute atomic E-state index is 4.86. The van der Waals surface area contributed by atoms with E-state index >= 15 is 0 Å². The van der Waals surface area contributed by atoms with Gasteiger partial charge in [-0.15, -0.1) is 0 Å². The van der Waals surface area contributed by atoms with E-state index < -0.39 is 0 Å². The Morgan fingerprint density at radius 1 is 1.29 bits per heavy atom. The largest absolute Gasteiger partial charge is 0.369 e. The molecule has 1 N–H and O–H groups in total. The van der Waals surface area contributed by atoms with E-state index in [0.717, 1.165) is 30.2 Å². The third-order valence-corrected chi connectivity index (χ3v) is 4.72. The lowest BCUT2D eigenvalue weighted by Crippen LogP contribution is -2.08. The SMILES string of the molecule is CCCNc1nc(-c2cccc(C)c2)nc(C2CC2)c1I. The van der Waals surface area contributed by atoms with Gasteiger partial charge < -0.3 is 5.32 Å². The molecule has 110 valence electrons. The van der Waals surface area contributed by atoms with Crippen LogP contribution in [-0.2, 0) is 0 Å². The number of halogens is 1. The van der Waals surface area contributed by atoms with Gasteiger partial charge >= 0.3 is 0 Å². The Kier molecular flexibility index (Phi) is 4.42. The Morgan fingerprint density at radius 2 is 2.10 bits per heavy atom. The van der Waals surface area contributed by atoms with Crippen LogP contribution in [0.5, 0.6) is 0 Å². The molecule has 1 heterocycles. The van der Waals surface area contributed by atoms with Gasteiger partial charge in [0, 0.05) is 18.0 Å². The van der Waals surface area contributed by atoms with Crippen molar-refractivity contribution in [3.05, 3.63) is 39.1 Å². The molecule has 0 bridgehead atoms. The van der Waals surface area contributed by atoms with Crippen LogP contribution >= 0.6 is 22.6 Å². The highest BCUT2D eigenvalue weighted by atomic mass is 127. The van der Waals surface area contributed by atoms with Gasteiger partial charge in [0.1, 0.15) is 5.82 Å². The summed E-state index contributed by atoms with van der Waals surface area (Å²) in [7, 11) is 0. The highest BCUT2D eigenvalue weighted by Gasteiger charge is 2.29. The van der Waals surface area contributed by atoms with E-state index in [4.69, 9.17) is 9.97 Å². The summed E-state index contributed by atoms with van der Waals surface area (Å²) in [5.74, 6) is 2.47. The average Bonchev–Trinajstić information content (AvgIpc) is 3.31. The summed E-state index contributed by atoms with van der Waals surface area (Å²) in [5.41, 5.74) is 3.57. The van der Waals surface area contributed by atoms with Crippen LogP contribution in [-0.4, -0.2) is 16.5 Å². The van der Waals surface area contributed by atoms with Crippen LogP contribution in [0.4, 0.5) is 5.82 Å². The van der Waals surface area contributed by atoms with Crippen LogP contribution in [0.3, 0.4) is 0 Å². The van der Waals surface area contributed by atoms with E-state index in [1.165, 1.54) is 27.7 Å². The lowest BCUT2D eigenvalue weighted by molar-refractivity contribution is 0.939. The fraction of sp³-hybridized carbons (Fsp3) is 0.412. The van der Waals surface area contributed by atoms with Crippen molar-refractivity contribution in [2.75, 3.05) is 11.9 Å². The molecule has 0 radical (unpaired) electrons. The molecule has 1 aromatic heterocycles. The minimum Gasteiger partial charge on any atom is -0.369 e. The second-order valence-electron chi connectivity index (χ2n) is 5.67. The standard InChI is InChI=1S/C17H20IN3/c1-3-9-19-17-14(18)15(12-7-8-12)20-16(21-17)13-6-4-5-11(2)10-13/h4-6,10,12H,3,7-9H2,1-2H3,(H,19,20,21). The normalized spacial score (nSPS) is 14.2. The number of hydrogen-bond acceptors (Lipinski definition) is 3. The van der Waals surface area contributed by atoms with E-state index in [2.05, 4.69) is 66.0 Å². The summed E-state index contributed by atoms with van der Waals surface area (Å²) in [6, 6.07) is 8.42. The van der Waals surface area contributed by atoms with E-state index in [9.17, 15) is 0 Å². The number of nitrogens with one attached hydrogen (secondary N) is 1. The van der Waals surface area contributed by atoms with Gasteiger partial charge in [0.25, 0.3) is 0 Å². The Hall–Kier alpha value is -1.17. The Morgan fingerprint density at radius 3 is 2.76 bits per heavy atom. The zero-order chi connectivity index (χ0) is 14.8. The quantitative estimate of drug-likeness (QED) is 0.745. The Bertz CT molecular complexity index is 650. The first-order valence-electron chi connectivity index (χ1n) is 7.57. The lowest BCUT2D eigenvalue weighted by atomic mass is 10.1. The molecule has 0 unspecified atom stereocenters. The molecule has 1 fully saturated rings. The molecule has 0 amide bonds. The molecule has 4 heteroatoms. The summed E-state index contributed by atoms with van der Waals surface area (Å²) in [4.78, 5) is 9.62. The molecule has 21 heavy (non-hydrogen) atoms. The van der Waals surface area contributed by atoms with E-state index in [1.807, 2.05) is 0 Å². The number of benzene rings is 1. The summed E-state index contributed by atoms with van der Waals surface area (Å²) < 4.78 is 1.19. The predicted molar refractivity (Wildman–Crippen MR) is 95.7 cm³/mol. The van der Waals surface area contributed by atoms with Crippen molar-refractivity contribution in [2.24, 2.45) is 0 Å². The molecule has 1 saturated carbocycles. The first-order chi connectivity index (χ1) is 10.2. The number of aromatic nitrogens is 2. The summed E-state index contributed by atoms with van der Waals surface area (Å²) in [6.45, 7) is 5.23. The molecule has 2 aromatic rings. The highest BCUT2D eigenvalue weighted by Crippen LogP contribution is 2.42. The fourth-order valence-corrected chi connectivity index (χ4v) is 3.24. The number of anilines is 1. The summed E-state index contributed by atoms with van der Waals surface area (Å²) in [6.07, 6.45) is 3.61. The van der Waals surface area contributed by atoms with Gasteiger partial charge in [-0.05, 0) is 54.8 Å². The highest BCUT2D eigenvalue weighted by molar-refractivity contribution is 14.1. The minimum absolute atomic E-state index is 0.630. The van der Waals surface area contributed by atoms with Crippen molar-refractivity contribution in [2.45, 2.75) is 39.0 Å². The van der Waals surface area contributed by atoms with Gasteiger partial charge in [0.05, 0.1) is 9.26 Å². The van der Waals surface area contributed by atoms with Crippen LogP contribution in [0.25, 0.3) is 11.4 Å². The molecule has 0 saturated heterocycles. The van der Waals surface area contributed by atoms with E-state index in [1.54, 1.807) is 0 Å². The van der Waals surface area contributed by atoms with Crippen LogP contribution in [0.2, 0.25) is 0 Å². The zero-order valence-corrected chi connectivity index (χ0v) is 14.6. The molecule has 3 rings (SSSR count). The van der Waals surface area contributed by atoms with Crippen molar-refractivity contribution >= 4 is 28.4 Å². The molecular formula is C17H20IN3.